The normalized spacial score (nSPS) is 12.8. The van der Waals surface area contributed by atoms with Gasteiger partial charge in [0, 0.05) is 0 Å². The third kappa shape index (κ3) is 7.78. The molecule has 0 aromatic rings. The lowest BCUT2D eigenvalue weighted by atomic mass is 10.0. The number of carboxylic acid groups (broad SMARTS) is 1. The molecule has 0 radical (unpaired) electrons. The predicted octanol–water partition coefficient (Wildman–Crippen LogP) is 2.30. The van der Waals surface area contributed by atoms with Crippen LogP contribution < -0.4 is 0 Å². The maximum atomic E-state index is 10.2. The molecular weight excluding hydrogens is 168 g/mol. The first-order chi connectivity index (χ1) is 6.20. The first kappa shape index (κ1) is 12.4. The van der Waals surface area contributed by atoms with Crippen LogP contribution >= 0.6 is 0 Å². The van der Waals surface area contributed by atoms with Gasteiger partial charge in [-0.25, -0.2) is 4.79 Å². The molecular formula is C10H20O3. The van der Waals surface area contributed by atoms with Gasteiger partial charge in [0.05, 0.1) is 6.61 Å². The van der Waals surface area contributed by atoms with Crippen LogP contribution in [0.5, 0.6) is 0 Å². The molecule has 0 fully saturated rings. The van der Waals surface area contributed by atoms with Gasteiger partial charge < -0.3 is 9.84 Å². The second kappa shape index (κ2) is 8.05. The Kier molecular flexibility index (Phi) is 7.69. The lowest BCUT2D eigenvalue weighted by molar-refractivity contribution is -0.142. The maximum absolute atomic E-state index is 10.2. The van der Waals surface area contributed by atoms with E-state index in [-0.39, 0.29) is 6.61 Å². The van der Waals surface area contributed by atoms with Gasteiger partial charge in [-0.3, -0.25) is 0 Å². The van der Waals surface area contributed by atoms with Gasteiger partial charge in [-0.1, -0.05) is 33.1 Å². The van der Waals surface area contributed by atoms with Crippen LogP contribution in [0.15, 0.2) is 0 Å². The summed E-state index contributed by atoms with van der Waals surface area (Å²) in [5, 5.41) is 8.35. The fourth-order valence-electron chi connectivity index (χ4n) is 1.21. The molecule has 3 nitrogen and oxygen atoms in total. The molecule has 0 aliphatic carbocycles. The van der Waals surface area contributed by atoms with Crippen molar-refractivity contribution in [2.75, 3.05) is 13.2 Å². The summed E-state index contributed by atoms with van der Waals surface area (Å²) in [5.41, 5.74) is 0. The van der Waals surface area contributed by atoms with Gasteiger partial charge in [0.15, 0.2) is 0 Å². The monoisotopic (exact) mass is 188 g/mol. The lowest BCUT2D eigenvalue weighted by Gasteiger charge is -2.13. The first-order valence-electron chi connectivity index (χ1n) is 5.00. The molecule has 0 heterocycles. The number of hydrogen-bond acceptors (Lipinski definition) is 2. The summed E-state index contributed by atoms with van der Waals surface area (Å²) in [6, 6.07) is 0. The zero-order chi connectivity index (χ0) is 10.1. The molecule has 0 spiro atoms. The van der Waals surface area contributed by atoms with E-state index in [1.807, 2.05) is 0 Å². The number of unbranched alkanes of at least 4 members (excludes halogenated alkanes) is 1. The number of carbonyl (C=O) groups is 1. The molecule has 0 amide bonds. The average molecular weight is 188 g/mol. The summed E-state index contributed by atoms with van der Waals surface area (Å²) in [6.45, 7) is 4.70. The largest absolute Gasteiger partial charge is 0.480 e. The average Bonchev–Trinajstić information content (AvgIpc) is 2.10. The summed E-state index contributed by atoms with van der Waals surface area (Å²) < 4.78 is 5.05. The Balaban J connectivity index is 3.41. The van der Waals surface area contributed by atoms with Crippen molar-refractivity contribution in [3.8, 4) is 0 Å². The molecule has 78 valence electrons. The third-order valence-corrected chi connectivity index (χ3v) is 2.12. The van der Waals surface area contributed by atoms with Gasteiger partial charge in [0.1, 0.15) is 6.61 Å². The van der Waals surface area contributed by atoms with Crippen molar-refractivity contribution in [1.82, 2.24) is 0 Å². The van der Waals surface area contributed by atoms with Crippen molar-refractivity contribution in [2.24, 2.45) is 5.92 Å². The molecule has 0 rings (SSSR count). The van der Waals surface area contributed by atoms with Gasteiger partial charge >= 0.3 is 5.97 Å². The molecule has 3 heteroatoms. The highest BCUT2D eigenvalue weighted by atomic mass is 16.5. The second-order valence-electron chi connectivity index (χ2n) is 3.33. The molecule has 0 aromatic carbocycles. The van der Waals surface area contributed by atoms with E-state index < -0.39 is 5.97 Å². The van der Waals surface area contributed by atoms with E-state index in [4.69, 9.17) is 9.84 Å². The topological polar surface area (TPSA) is 46.5 Å². The minimum Gasteiger partial charge on any atom is -0.480 e. The molecule has 0 aliphatic heterocycles. The van der Waals surface area contributed by atoms with Gasteiger partial charge in [0.2, 0.25) is 0 Å². The zero-order valence-corrected chi connectivity index (χ0v) is 8.58. The number of rotatable bonds is 8. The standard InChI is InChI=1S/C10H20O3/c1-3-5-6-9(4-2)7-13-8-10(11)12/h9H,3-8H2,1-2H3,(H,11,12)/t9-/m0/s1. The summed E-state index contributed by atoms with van der Waals surface area (Å²) in [6.07, 6.45) is 4.61. The summed E-state index contributed by atoms with van der Waals surface area (Å²) in [5.74, 6) is -0.357. The Morgan fingerprint density at radius 2 is 2.15 bits per heavy atom. The van der Waals surface area contributed by atoms with E-state index in [1.54, 1.807) is 0 Å². The van der Waals surface area contributed by atoms with Crippen molar-refractivity contribution in [3.63, 3.8) is 0 Å². The van der Waals surface area contributed by atoms with Crippen molar-refractivity contribution in [2.45, 2.75) is 39.5 Å². The maximum Gasteiger partial charge on any atom is 0.329 e. The molecule has 13 heavy (non-hydrogen) atoms. The van der Waals surface area contributed by atoms with E-state index in [0.717, 1.165) is 12.8 Å². The molecule has 0 unspecified atom stereocenters. The highest BCUT2D eigenvalue weighted by Crippen LogP contribution is 2.12. The summed E-state index contributed by atoms with van der Waals surface area (Å²) in [4.78, 5) is 10.2. The molecule has 0 saturated carbocycles. The Morgan fingerprint density at radius 1 is 1.46 bits per heavy atom. The molecule has 0 aliphatic rings. The van der Waals surface area contributed by atoms with E-state index in [0.29, 0.717) is 12.5 Å². The molecule has 1 atom stereocenters. The van der Waals surface area contributed by atoms with Crippen LogP contribution in [-0.4, -0.2) is 24.3 Å². The molecule has 0 saturated heterocycles. The number of aliphatic carboxylic acids is 1. The highest BCUT2D eigenvalue weighted by Gasteiger charge is 2.06. The number of ether oxygens (including phenoxy) is 1. The third-order valence-electron chi connectivity index (χ3n) is 2.12. The van der Waals surface area contributed by atoms with Gasteiger partial charge in [-0.15, -0.1) is 0 Å². The van der Waals surface area contributed by atoms with Crippen LogP contribution in [0.2, 0.25) is 0 Å². The van der Waals surface area contributed by atoms with Crippen LogP contribution in [0.1, 0.15) is 39.5 Å². The fraction of sp³-hybridized carbons (Fsp3) is 0.900. The van der Waals surface area contributed by atoms with E-state index in [1.165, 1.54) is 12.8 Å². The van der Waals surface area contributed by atoms with Crippen LogP contribution in [0.4, 0.5) is 0 Å². The van der Waals surface area contributed by atoms with Crippen LogP contribution in [0.25, 0.3) is 0 Å². The van der Waals surface area contributed by atoms with Crippen molar-refractivity contribution >= 4 is 5.97 Å². The van der Waals surface area contributed by atoms with Gasteiger partial charge in [0.25, 0.3) is 0 Å². The molecule has 1 N–H and O–H groups in total. The lowest BCUT2D eigenvalue weighted by Crippen LogP contribution is -2.14. The van der Waals surface area contributed by atoms with Crippen LogP contribution in [0.3, 0.4) is 0 Å². The van der Waals surface area contributed by atoms with E-state index >= 15 is 0 Å². The number of carboxylic acids is 1. The summed E-state index contributed by atoms with van der Waals surface area (Å²) in [7, 11) is 0. The van der Waals surface area contributed by atoms with Crippen molar-refractivity contribution in [1.29, 1.82) is 0 Å². The Hall–Kier alpha value is -0.570. The van der Waals surface area contributed by atoms with Gasteiger partial charge in [-0.05, 0) is 12.3 Å². The Labute approximate surface area is 80.1 Å². The minimum absolute atomic E-state index is 0.164. The highest BCUT2D eigenvalue weighted by molar-refractivity contribution is 5.67. The molecule has 0 aromatic heterocycles. The Morgan fingerprint density at radius 3 is 2.62 bits per heavy atom. The zero-order valence-electron chi connectivity index (χ0n) is 8.58. The van der Waals surface area contributed by atoms with E-state index in [2.05, 4.69) is 13.8 Å². The number of hydrogen-bond donors (Lipinski definition) is 1. The van der Waals surface area contributed by atoms with Crippen molar-refractivity contribution < 1.29 is 14.6 Å². The first-order valence-corrected chi connectivity index (χ1v) is 5.00. The smallest absolute Gasteiger partial charge is 0.329 e. The summed E-state index contributed by atoms with van der Waals surface area (Å²) >= 11 is 0. The quantitative estimate of drug-likeness (QED) is 0.635. The molecule has 0 bridgehead atoms. The van der Waals surface area contributed by atoms with Crippen LogP contribution in [0, 0.1) is 5.92 Å². The van der Waals surface area contributed by atoms with Crippen LogP contribution in [-0.2, 0) is 9.53 Å². The second-order valence-corrected chi connectivity index (χ2v) is 3.33. The Bertz CT molecular complexity index is 134. The SMILES string of the molecule is CCCC[C@H](CC)COCC(=O)O. The van der Waals surface area contributed by atoms with Crippen molar-refractivity contribution in [3.05, 3.63) is 0 Å². The van der Waals surface area contributed by atoms with E-state index in [9.17, 15) is 4.79 Å². The van der Waals surface area contributed by atoms with Gasteiger partial charge in [-0.2, -0.15) is 0 Å². The predicted molar refractivity (Wildman–Crippen MR) is 51.8 cm³/mol. The minimum atomic E-state index is -0.884. The fourth-order valence-corrected chi connectivity index (χ4v) is 1.21.